The first-order valence-electron chi connectivity index (χ1n) is 16.0. The molecular formula is C30H28F7N4O6P. The molecule has 0 bridgehead atoms. The molecule has 4 atom stereocenters. The van der Waals surface area contributed by atoms with Crippen molar-refractivity contribution in [1.29, 1.82) is 0 Å². The summed E-state index contributed by atoms with van der Waals surface area (Å²) in [5, 5.41) is 3.86. The van der Waals surface area contributed by atoms with E-state index in [0.29, 0.717) is 17.7 Å². The summed E-state index contributed by atoms with van der Waals surface area (Å²) in [6.45, 7) is -0.189. The van der Waals surface area contributed by atoms with E-state index < -0.39 is 103 Å². The maximum Gasteiger partial charge on any atom is 0.457 e. The second kappa shape index (κ2) is 13.9. The summed E-state index contributed by atoms with van der Waals surface area (Å²) in [5.41, 5.74) is -5.05. The number of rotatable bonds is 10. The minimum atomic E-state index is -5.18. The normalized spacial score (nSPS) is 20.8. The standard InChI is InChI=1S/C30H28F7N4O6P/c1-18(21-13-22(29(32,33)34)15-23(14-21)30(35,36)37)47-27-26(20-7-9-24(31)10-8-20)40(11-12-45-27)16-25-38-28(42)41(39-25)48(43,44)46-17-19-5-3-2-4-6-19/h2-10,13-15,18,26-27H,11-12,16-17H2,1H3,(H,43,44)(H,38,39,42)/t18-,26+,27-/m1/s1/i7D,8D,9D,10D. The van der Waals surface area contributed by atoms with E-state index in [1.54, 1.807) is 30.3 Å². The fourth-order valence-corrected chi connectivity index (χ4v) is 5.75. The molecule has 4 aromatic rings. The van der Waals surface area contributed by atoms with Gasteiger partial charge in [-0.05, 0) is 53.9 Å². The third-order valence-corrected chi connectivity index (χ3v) is 8.34. The van der Waals surface area contributed by atoms with Crippen LogP contribution in [-0.4, -0.2) is 43.8 Å². The lowest BCUT2D eigenvalue weighted by atomic mass is 10.0. The van der Waals surface area contributed by atoms with Crippen LogP contribution in [0.1, 0.15) is 58.2 Å². The highest BCUT2D eigenvalue weighted by Gasteiger charge is 2.40. The van der Waals surface area contributed by atoms with Gasteiger partial charge in [0.2, 0.25) is 0 Å². The van der Waals surface area contributed by atoms with Crippen molar-refractivity contribution >= 4 is 7.75 Å². The van der Waals surface area contributed by atoms with Crippen LogP contribution in [0.2, 0.25) is 0 Å². The number of morpholine rings is 1. The monoisotopic (exact) mass is 708 g/mol. The lowest BCUT2D eigenvalue weighted by Crippen LogP contribution is -2.46. The van der Waals surface area contributed by atoms with Gasteiger partial charge >= 0.3 is 25.8 Å². The van der Waals surface area contributed by atoms with Crippen molar-refractivity contribution in [2.75, 3.05) is 13.2 Å². The first kappa shape index (κ1) is 30.2. The number of H-pyrrole nitrogens is 1. The Morgan fingerprint density at radius 2 is 1.71 bits per heavy atom. The lowest BCUT2D eigenvalue weighted by molar-refractivity contribution is -0.231. The molecule has 48 heavy (non-hydrogen) atoms. The van der Waals surface area contributed by atoms with Gasteiger partial charge in [-0.25, -0.2) is 13.8 Å². The number of nitrogens with zero attached hydrogens (tertiary/aromatic N) is 3. The third kappa shape index (κ3) is 8.40. The molecular weight excluding hydrogens is 676 g/mol. The molecule has 0 radical (unpaired) electrons. The van der Waals surface area contributed by atoms with Crippen molar-refractivity contribution in [2.45, 2.75) is 50.9 Å². The predicted molar refractivity (Wildman–Crippen MR) is 155 cm³/mol. The van der Waals surface area contributed by atoms with Crippen LogP contribution in [0.3, 0.4) is 0 Å². The molecule has 1 aliphatic rings. The molecule has 2 N–H and O–H groups in total. The quantitative estimate of drug-likeness (QED) is 0.140. The zero-order valence-electron chi connectivity index (χ0n) is 28.6. The SMILES string of the molecule is [2H]c1c([2H])c([C@H]2[C@@H](O[C@H](C)c3cc(C(F)(F)F)cc(C(F)(F)F)c3)OCCN2Cc2nn(P(=O)(O)OCc3ccccc3)c(=O)[nH]2)c([2H])c([2H])c1F. The maximum atomic E-state index is 14.6. The maximum absolute atomic E-state index is 14.6. The number of aromatic amines is 1. The molecule has 10 nitrogen and oxygen atoms in total. The molecule has 1 aromatic heterocycles. The van der Waals surface area contributed by atoms with Crippen molar-refractivity contribution in [2.24, 2.45) is 0 Å². The topological polar surface area (TPSA) is 119 Å². The molecule has 1 fully saturated rings. The second-order valence-electron chi connectivity index (χ2n) is 10.5. The predicted octanol–water partition coefficient (Wildman–Crippen LogP) is 6.59. The molecule has 258 valence electrons. The van der Waals surface area contributed by atoms with Gasteiger partial charge in [-0.1, -0.05) is 42.4 Å². The zero-order chi connectivity index (χ0) is 38.3. The summed E-state index contributed by atoms with van der Waals surface area (Å²) in [4.78, 5) is 26.8. The number of nitrogens with one attached hydrogen (secondary N) is 1. The first-order chi connectivity index (χ1) is 24.2. The number of alkyl halides is 6. The molecule has 0 spiro atoms. The molecule has 1 unspecified atom stereocenters. The van der Waals surface area contributed by atoms with Crippen LogP contribution in [0.15, 0.2) is 77.5 Å². The van der Waals surface area contributed by atoms with Gasteiger partial charge in [-0.3, -0.25) is 14.4 Å². The van der Waals surface area contributed by atoms with Crippen molar-refractivity contribution in [3.05, 3.63) is 123 Å². The molecule has 2 heterocycles. The second-order valence-corrected chi connectivity index (χ2v) is 12.1. The number of aromatic nitrogens is 3. The van der Waals surface area contributed by atoms with Crippen LogP contribution in [0.4, 0.5) is 30.7 Å². The zero-order valence-corrected chi connectivity index (χ0v) is 25.5. The van der Waals surface area contributed by atoms with Crippen molar-refractivity contribution < 1.29 is 59.7 Å². The van der Waals surface area contributed by atoms with E-state index in [1.807, 2.05) is 0 Å². The van der Waals surface area contributed by atoms with Crippen LogP contribution in [-0.2, 0) is 44.1 Å². The van der Waals surface area contributed by atoms with Crippen LogP contribution in [0.25, 0.3) is 0 Å². The minimum Gasteiger partial charge on any atom is -0.349 e. The highest BCUT2D eigenvalue weighted by Crippen LogP contribution is 2.43. The summed E-state index contributed by atoms with van der Waals surface area (Å²) in [6.07, 6.45) is -13.7. The summed E-state index contributed by atoms with van der Waals surface area (Å²) in [7, 11) is -4.90. The van der Waals surface area contributed by atoms with E-state index >= 15 is 0 Å². The Kier molecular flexibility index (Phi) is 8.77. The summed E-state index contributed by atoms with van der Waals surface area (Å²) < 4.78 is 159. The van der Waals surface area contributed by atoms with Crippen LogP contribution in [0.5, 0.6) is 0 Å². The molecule has 0 amide bonds. The van der Waals surface area contributed by atoms with Gasteiger partial charge in [0.25, 0.3) is 0 Å². The molecule has 0 saturated carbocycles. The number of hydrogen-bond donors (Lipinski definition) is 2. The Hall–Kier alpha value is -3.86. The number of ether oxygens (including phenoxy) is 2. The van der Waals surface area contributed by atoms with Gasteiger partial charge in [0.1, 0.15) is 11.6 Å². The number of halogens is 7. The minimum absolute atomic E-state index is 0.0709. The summed E-state index contributed by atoms with van der Waals surface area (Å²) >= 11 is 0. The Morgan fingerprint density at radius 1 is 1.08 bits per heavy atom. The van der Waals surface area contributed by atoms with Gasteiger partial charge in [0.15, 0.2) is 6.29 Å². The highest BCUT2D eigenvalue weighted by atomic mass is 31.2. The van der Waals surface area contributed by atoms with Gasteiger partial charge in [-0.2, -0.15) is 26.3 Å². The van der Waals surface area contributed by atoms with Crippen molar-refractivity contribution in [1.82, 2.24) is 19.4 Å². The summed E-state index contributed by atoms with van der Waals surface area (Å²) in [5.74, 6) is -1.81. The van der Waals surface area contributed by atoms with Gasteiger partial charge in [0, 0.05) is 6.54 Å². The Morgan fingerprint density at radius 3 is 2.31 bits per heavy atom. The van der Waals surface area contributed by atoms with Crippen molar-refractivity contribution in [3.8, 4) is 0 Å². The molecule has 0 aliphatic carbocycles. The van der Waals surface area contributed by atoms with Crippen molar-refractivity contribution in [3.63, 3.8) is 0 Å². The summed E-state index contributed by atoms with van der Waals surface area (Å²) in [6, 6.07) is 3.38. The molecule has 1 saturated heterocycles. The third-order valence-electron chi connectivity index (χ3n) is 7.12. The van der Waals surface area contributed by atoms with Crippen LogP contribution in [0, 0.1) is 5.82 Å². The van der Waals surface area contributed by atoms with E-state index in [-0.39, 0.29) is 36.1 Å². The number of benzene rings is 3. The fraction of sp³-hybridized carbons (Fsp3) is 0.333. The average molecular weight is 709 g/mol. The fourth-order valence-electron chi connectivity index (χ4n) is 4.83. The Bertz CT molecular complexity index is 1990. The first-order valence-corrected chi connectivity index (χ1v) is 15.5. The van der Waals surface area contributed by atoms with Crippen LogP contribution < -0.4 is 5.69 Å². The van der Waals surface area contributed by atoms with E-state index in [1.165, 1.54) is 4.90 Å². The Labute approximate surface area is 273 Å². The van der Waals surface area contributed by atoms with Gasteiger partial charge in [0.05, 0.1) is 48.5 Å². The largest absolute Gasteiger partial charge is 0.457 e. The van der Waals surface area contributed by atoms with Gasteiger partial charge < -0.3 is 14.4 Å². The van der Waals surface area contributed by atoms with Gasteiger partial charge in [-0.15, -0.1) is 9.55 Å². The molecule has 1 aliphatic heterocycles. The highest BCUT2D eigenvalue weighted by molar-refractivity contribution is 7.50. The Balaban J connectivity index is 1.52. The van der Waals surface area contributed by atoms with Crippen LogP contribution >= 0.6 is 7.75 Å². The van der Waals surface area contributed by atoms with E-state index in [2.05, 4.69) is 10.1 Å². The lowest BCUT2D eigenvalue weighted by Gasteiger charge is -2.41. The van der Waals surface area contributed by atoms with E-state index in [9.17, 15) is 45.0 Å². The average Bonchev–Trinajstić information content (AvgIpc) is 3.46. The molecule has 18 heteroatoms. The van der Waals surface area contributed by atoms with E-state index in [0.717, 1.165) is 6.92 Å². The smallest absolute Gasteiger partial charge is 0.349 e. The molecule has 5 rings (SSSR count). The van der Waals surface area contributed by atoms with E-state index in [4.69, 9.17) is 19.5 Å². The number of hydrogen-bond acceptors (Lipinski definition) is 7. The molecule has 3 aromatic carbocycles.